The summed E-state index contributed by atoms with van der Waals surface area (Å²) in [6.07, 6.45) is 3.70. The highest BCUT2D eigenvalue weighted by Crippen LogP contribution is 2.35. The molecule has 1 saturated heterocycles. The Bertz CT molecular complexity index is 861. The maximum Gasteiger partial charge on any atom is 0.224 e. The molecule has 1 aliphatic heterocycles. The molecule has 0 aromatic heterocycles. The van der Waals surface area contributed by atoms with Gasteiger partial charge in [-0.3, -0.25) is 9.59 Å². The fourth-order valence-corrected chi connectivity index (χ4v) is 5.01. The van der Waals surface area contributed by atoms with Gasteiger partial charge in [-0.25, -0.2) is 0 Å². The molecule has 2 fully saturated rings. The van der Waals surface area contributed by atoms with Crippen LogP contribution in [0.2, 0.25) is 0 Å². The maximum absolute atomic E-state index is 12.7. The van der Waals surface area contributed by atoms with Crippen LogP contribution in [0.15, 0.2) is 42.5 Å². The van der Waals surface area contributed by atoms with Crippen molar-refractivity contribution in [2.24, 2.45) is 11.8 Å². The van der Waals surface area contributed by atoms with Gasteiger partial charge in [-0.1, -0.05) is 42.5 Å². The molecule has 2 amide bonds. The summed E-state index contributed by atoms with van der Waals surface area (Å²) in [7, 11) is 1.70. The lowest BCUT2D eigenvalue weighted by molar-refractivity contribution is -0.128. The van der Waals surface area contributed by atoms with Gasteiger partial charge >= 0.3 is 0 Å². The first kappa shape index (κ1) is 18.9. The molecular weight excluding hydrogens is 352 g/mol. The molecule has 5 nitrogen and oxygen atoms in total. The monoisotopic (exact) mass is 380 g/mol. The van der Waals surface area contributed by atoms with E-state index in [1.807, 2.05) is 24.3 Å². The molecule has 2 aliphatic rings. The molecule has 2 N–H and O–H groups in total. The average Bonchev–Trinajstić information content (AvgIpc) is 2.68. The molecule has 5 heteroatoms. The summed E-state index contributed by atoms with van der Waals surface area (Å²) in [6, 6.07) is 14.5. The lowest BCUT2D eigenvalue weighted by Gasteiger charge is -2.43. The first-order valence-corrected chi connectivity index (χ1v) is 10.2. The standard InChI is InChI=1S/C23H28N2O3/c1-28-14-17-12-23(27)25-21-13-18(9-10-20(17)21)24-22(26)11-16-7-4-6-15-5-2-3-8-19(15)16/h2-8,17-18,20-21H,9-14H2,1H3,(H,24,26)(H,25,27). The van der Waals surface area contributed by atoms with Gasteiger partial charge in [0, 0.05) is 32.2 Å². The Morgan fingerprint density at radius 1 is 1.18 bits per heavy atom. The Balaban J connectivity index is 1.38. The zero-order valence-corrected chi connectivity index (χ0v) is 16.3. The molecule has 4 atom stereocenters. The second kappa shape index (κ2) is 8.31. The van der Waals surface area contributed by atoms with Crippen LogP contribution in [0.4, 0.5) is 0 Å². The third kappa shape index (κ3) is 4.04. The predicted octanol–water partition coefficient (Wildman–Crippen LogP) is 2.82. The number of hydrogen-bond donors (Lipinski definition) is 2. The van der Waals surface area contributed by atoms with Crippen LogP contribution in [0.25, 0.3) is 10.8 Å². The predicted molar refractivity (Wildman–Crippen MR) is 109 cm³/mol. The SMILES string of the molecule is COCC1CC(=O)NC2CC(NC(=O)Cc3cccc4ccccc34)CCC12. The number of carbonyl (C=O) groups excluding carboxylic acids is 2. The van der Waals surface area contributed by atoms with Crippen molar-refractivity contribution in [3.05, 3.63) is 48.0 Å². The summed E-state index contributed by atoms with van der Waals surface area (Å²) < 4.78 is 5.32. The highest BCUT2D eigenvalue weighted by molar-refractivity contribution is 5.90. The number of rotatable bonds is 5. The number of methoxy groups -OCH3 is 1. The minimum atomic E-state index is 0.0513. The number of piperidine rings is 1. The number of benzene rings is 2. The van der Waals surface area contributed by atoms with Crippen molar-refractivity contribution < 1.29 is 14.3 Å². The first-order chi connectivity index (χ1) is 13.6. The van der Waals surface area contributed by atoms with Crippen molar-refractivity contribution in [2.45, 2.75) is 44.2 Å². The number of fused-ring (bicyclic) bond motifs is 2. The van der Waals surface area contributed by atoms with Crippen LogP contribution in [0.5, 0.6) is 0 Å². The summed E-state index contributed by atoms with van der Waals surface area (Å²) in [5.74, 6) is 0.890. The molecule has 4 rings (SSSR count). The van der Waals surface area contributed by atoms with E-state index in [9.17, 15) is 9.59 Å². The molecule has 4 unspecified atom stereocenters. The quantitative estimate of drug-likeness (QED) is 0.838. The van der Waals surface area contributed by atoms with Crippen molar-refractivity contribution in [3.8, 4) is 0 Å². The molecule has 28 heavy (non-hydrogen) atoms. The normalized spacial score (nSPS) is 27.1. The smallest absolute Gasteiger partial charge is 0.224 e. The van der Waals surface area contributed by atoms with Crippen molar-refractivity contribution in [3.63, 3.8) is 0 Å². The lowest BCUT2D eigenvalue weighted by Crippen LogP contribution is -2.56. The van der Waals surface area contributed by atoms with Gasteiger partial charge in [0.25, 0.3) is 0 Å². The summed E-state index contributed by atoms with van der Waals surface area (Å²) in [4.78, 5) is 24.7. The topological polar surface area (TPSA) is 67.4 Å². The number of ether oxygens (including phenoxy) is 1. The molecular formula is C23H28N2O3. The molecule has 0 spiro atoms. The fourth-order valence-electron chi connectivity index (χ4n) is 5.01. The van der Waals surface area contributed by atoms with Crippen molar-refractivity contribution in [2.75, 3.05) is 13.7 Å². The average molecular weight is 380 g/mol. The Labute approximate surface area is 165 Å². The minimum absolute atomic E-state index is 0.0513. The molecule has 1 saturated carbocycles. The van der Waals surface area contributed by atoms with Gasteiger partial charge in [-0.05, 0) is 47.4 Å². The van der Waals surface area contributed by atoms with E-state index in [1.54, 1.807) is 7.11 Å². The van der Waals surface area contributed by atoms with E-state index in [0.29, 0.717) is 25.4 Å². The molecule has 1 heterocycles. The van der Waals surface area contributed by atoms with Gasteiger partial charge in [0.15, 0.2) is 0 Å². The largest absolute Gasteiger partial charge is 0.384 e. The minimum Gasteiger partial charge on any atom is -0.384 e. The Kier molecular flexibility index (Phi) is 5.62. The van der Waals surface area contributed by atoms with Gasteiger partial charge in [-0.15, -0.1) is 0 Å². The van der Waals surface area contributed by atoms with Crippen molar-refractivity contribution in [1.82, 2.24) is 10.6 Å². The fraction of sp³-hybridized carbons (Fsp3) is 0.478. The molecule has 2 aromatic carbocycles. The van der Waals surface area contributed by atoms with Crippen LogP contribution in [0, 0.1) is 11.8 Å². The van der Waals surface area contributed by atoms with Gasteiger partial charge in [0.2, 0.25) is 11.8 Å². The number of nitrogens with one attached hydrogen (secondary N) is 2. The summed E-state index contributed by atoms with van der Waals surface area (Å²) in [5, 5.41) is 8.63. The molecule has 0 bridgehead atoms. The lowest BCUT2D eigenvalue weighted by atomic mass is 9.71. The van der Waals surface area contributed by atoms with Crippen LogP contribution in [0.3, 0.4) is 0 Å². The van der Waals surface area contributed by atoms with Crippen LogP contribution in [-0.4, -0.2) is 37.6 Å². The molecule has 2 aromatic rings. The maximum atomic E-state index is 12.7. The van der Waals surface area contributed by atoms with Crippen LogP contribution >= 0.6 is 0 Å². The Hall–Kier alpha value is -2.40. The van der Waals surface area contributed by atoms with Crippen LogP contribution < -0.4 is 10.6 Å². The second-order valence-electron chi connectivity index (χ2n) is 8.15. The van der Waals surface area contributed by atoms with E-state index >= 15 is 0 Å². The van der Waals surface area contributed by atoms with Gasteiger partial charge in [0.1, 0.15) is 0 Å². The van der Waals surface area contributed by atoms with Gasteiger partial charge < -0.3 is 15.4 Å². The first-order valence-electron chi connectivity index (χ1n) is 10.2. The van der Waals surface area contributed by atoms with E-state index in [0.717, 1.165) is 35.6 Å². The van der Waals surface area contributed by atoms with Gasteiger partial charge in [0.05, 0.1) is 6.42 Å². The van der Waals surface area contributed by atoms with E-state index in [1.165, 1.54) is 0 Å². The number of hydrogen-bond acceptors (Lipinski definition) is 3. The third-order valence-electron chi connectivity index (χ3n) is 6.28. The summed E-state index contributed by atoms with van der Waals surface area (Å²) >= 11 is 0. The van der Waals surface area contributed by atoms with Crippen LogP contribution in [-0.2, 0) is 20.7 Å². The van der Waals surface area contributed by atoms with Crippen LogP contribution in [0.1, 0.15) is 31.2 Å². The molecule has 1 aliphatic carbocycles. The highest BCUT2D eigenvalue weighted by Gasteiger charge is 2.40. The van der Waals surface area contributed by atoms with E-state index in [2.05, 4.69) is 28.8 Å². The molecule has 148 valence electrons. The summed E-state index contributed by atoms with van der Waals surface area (Å²) in [5.41, 5.74) is 1.05. The van der Waals surface area contributed by atoms with E-state index in [4.69, 9.17) is 4.74 Å². The number of amides is 2. The Morgan fingerprint density at radius 2 is 2.00 bits per heavy atom. The van der Waals surface area contributed by atoms with Crippen molar-refractivity contribution in [1.29, 1.82) is 0 Å². The third-order valence-corrected chi connectivity index (χ3v) is 6.28. The van der Waals surface area contributed by atoms with E-state index in [-0.39, 0.29) is 29.8 Å². The van der Waals surface area contributed by atoms with E-state index < -0.39 is 0 Å². The summed E-state index contributed by atoms with van der Waals surface area (Å²) in [6.45, 7) is 0.632. The van der Waals surface area contributed by atoms with Gasteiger partial charge in [-0.2, -0.15) is 0 Å². The second-order valence-corrected chi connectivity index (χ2v) is 8.15. The van der Waals surface area contributed by atoms with Crippen molar-refractivity contribution >= 4 is 22.6 Å². The number of carbonyl (C=O) groups is 2. The highest BCUT2D eigenvalue weighted by atomic mass is 16.5. The molecule has 0 radical (unpaired) electrons. The zero-order valence-electron chi connectivity index (χ0n) is 16.3. The zero-order chi connectivity index (χ0) is 19.5. The Morgan fingerprint density at radius 3 is 2.86 bits per heavy atom.